The minimum atomic E-state index is 0.784. The normalized spacial score (nSPS) is 11.8. The molecule has 8 aromatic rings. The minimum absolute atomic E-state index is 0.784. The molecular formula is C49H38N4. The lowest BCUT2D eigenvalue weighted by molar-refractivity contribution is 1.06. The van der Waals surface area contributed by atoms with Crippen LogP contribution in [0.3, 0.4) is 0 Å². The van der Waals surface area contributed by atoms with E-state index in [1.165, 1.54) is 11.1 Å². The van der Waals surface area contributed by atoms with Crippen molar-refractivity contribution in [3.63, 3.8) is 0 Å². The van der Waals surface area contributed by atoms with Gasteiger partial charge >= 0.3 is 0 Å². The third-order valence-corrected chi connectivity index (χ3v) is 9.93. The fourth-order valence-electron chi connectivity index (χ4n) is 7.50. The summed E-state index contributed by atoms with van der Waals surface area (Å²) in [7, 11) is 0. The predicted octanol–water partition coefficient (Wildman–Crippen LogP) is 13.4. The predicted molar refractivity (Wildman–Crippen MR) is 221 cm³/mol. The van der Waals surface area contributed by atoms with Gasteiger partial charge in [0, 0.05) is 57.5 Å². The van der Waals surface area contributed by atoms with Gasteiger partial charge in [0.2, 0.25) is 0 Å². The molecular weight excluding hydrogens is 645 g/mol. The number of benzene rings is 7. The molecule has 0 fully saturated rings. The first-order valence-corrected chi connectivity index (χ1v) is 18.1. The van der Waals surface area contributed by atoms with Crippen molar-refractivity contribution in [1.82, 2.24) is 4.98 Å². The van der Waals surface area contributed by atoms with Gasteiger partial charge in [0.25, 0.3) is 0 Å². The molecule has 0 saturated carbocycles. The van der Waals surface area contributed by atoms with Crippen molar-refractivity contribution < 1.29 is 0 Å². The second kappa shape index (κ2) is 14.0. The molecule has 1 aliphatic rings. The summed E-state index contributed by atoms with van der Waals surface area (Å²) in [6.07, 6.45) is 0.784. The highest BCUT2D eigenvalue weighted by atomic mass is 15.2. The Bertz CT molecular complexity index is 2270. The molecule has 9 rings (SSSR count). The van der Waals surface area contributed by atoms with Gasteiger partial charge < -0.3 is 14.7 Å². The van der Waals surface area contributed by atoms with Crippen molar-refractivity contribution in [3.05, 3.63) is 217 Å². The van der Waals surface area contributed by atoms with Crippen LogP contribution in [0, 0.1) is 6.92 Å². The zero-order chi connectivity index (χ0) is 35.6. The molecule has 0 amide bonds. The minimum Gasteiger partial charge on any atom is -0.310 e. The Hall–Kier alpha value is -6.91. The van der Waals surface area contributed by atoms with Gasteiger partial charge in [0.1, 0.15) is 0 Å². The smallest absolute Gasteiger partial charge is 0.0706 e. The molecule has 254 valence electrons. The Morgan fingerprint density at radius 2 is 0.774 bits per heavy atom. The number of aryl methyl sites for hydroxylation is 1. The first-order chi connectivity index (χ1) is 26.2. The van der Waals surface area contributed by atoms with Gasteiger partial charge in [-0.2, -0.15) is 0 Å². The van der Waals surface area contributed by atoms with Gasteiger partial charge in [0.15, 0.2) is 0 Å². The topological polar surface area (TPSA) is 22.6 Å². The van der Waals surface area contributed by atoms with Crippen molar-refractivity contribution >= 4 is 51.2 Å². The maximum atomic E-state index is 5.16. The fraction of sp³-hybridized carbons (Fsp3) is 0.0408. The van der Waals surface area contributed by atoms with Crippen molar-refractivity contribution in [1.29, 1.82) is 0 Å². The van der Waals surface area contributed by atoms with E-state index >= 15 is 0 Å². The van der Waals surface area contributed by atoms with Gasteiger partial charge in [-0.1, -0.05) is 103 Å². The molecule has 4 nitrogen and oxygen atoms in total. The van der Waals surface area contributed by atoms with Crippen LogP contribution in [0.5, 0.6) is 0 Å². The summed E-state index contributed by atoms with van der Waals surface area (Å²) < 4.78 is 0. The number of fused-ring (bicyclic) bond motifs is 2. The average Bonchev–Trinajstić information content (AvgIpc) is 3.22. The SMILES string of the molecule is Cc1nc(-c2ccccc2)ccc1N1c2ccc(N(c3ccccc3)c3ccccc3)cc2Cc2cc(N(c3ccccc3)c3ccccc3)ccc21. The molecule has 0 bridgehead atoms. The van der Waals surface area contributed by atoms with E-state index in [1.54, 1.807) is 0 Å². The summed E-state index contributed by atoms with van der Waals surface area (Å²) in [5, 5.41) is 0. The molecule has 4 heteroatoms. The highest BCUT2D eigenvalue weighted by Crippen LogP contribution is 2.49. The third-order valence-electron chi connectivity index (χ3n) is 9.93. The molecule has 1 aromatic heterocycles. The van der Waals surface area contributed by atoms with Crippen LogP contribution < -0.4 is 14.7 Å². The summed E-state index contributed by atoms with van der Waals surface area (Å²) in [4.78, 5) is 12.2. The standard InChI is InChI=1S/C49H38N4/c1-36-47(32-29-46(50-36)37-17-7-2-8-18-37)53-48-30-27-44(51(40-19-9-3-10-20-40)41-21-11-4-12-22-41)34-38(48)33-39-35-45(28-31-49(39)53)52(42-23-13-5-14-24-42)43-25-15-6-16-26-43/h2-32,34-35H,33H2,1H3. The maximum Gasteiger partial charge on any atom is 0.0706 e. The summed E-state index contributed by atoms with van der Waals surface area (Å²) in [5.41, 5.74) is 15.7. The van der Waals surface area contributed by atoms with E-state index in [0.717, 1.165) is 74.6 Å². The van der Waals surface area contributed by atoms with E-state index in [9.17, 15) is 0 Å². The van der Waals surface area contributed by atoms with Crippen molar-refractivity contribution in [2.75, 3.05) is 14.7 Å². The molecule has 0 aliphatic carbocycles. The van der Waals surface area contributed by atoms with E-state index in [1.807, 2.05) is 6.07 Å². The highest BCUT2D eigenvalue weighted by Gasteiger charge is 2.28. The van der Waals surface area contributed by atoms with E-state index in [4.69, 9.17) is 4.98 Å². The molecule has 0 N–H and O–H groups in total. The van der Waals surface area contributed by atoms with Crippen molar-refractivity contribution in [3.8, 4) is 11.3 Å². The Labute approximate surface area is 311 Å². The largest absolute Gasteiger partial charge is 0.310 e. The Kier molecular flexibility index (Phi) is 8.47. The van der Waals surface area contributed by atoms with Crippen LogP contribution in [0.1, 0.15) is 16.8 Å². The molecule has 0 spiro atoms. The van der Waals surface area contributed by atoms with Gasteiger partial charge in [-0.05, 0) is 115 Å². The second-order valence-corrected chi connectivity index (χ2v) is 13.3. The number of aromatic nitrogens is 1. The molecule has 2 heterocycles. The van der Waals surface area contributed by atoms with Crippen LogP contribution in [0.4, 0.5) is 51.2 Å². The van der Waals surface area contributed by atoms with Crippen LogP contribution in [-0.2, 0) is 6.42 Å². The quantitative estimate of drug-likeness (QED) is 0.159. The summed E-state index contributed by atoms with van der Waals surface area (Å²) >= 11 is 0. The van der Waals surface area contributed by atoms with Crippen LogP contribution >= 0.6 is 0 Å². The van der Waals surface area contributed by atoms with Gasteiger partial charge in [0.05, 0.1) is 17.1 Å². The van der Waals surface area contributed by atoms with Gasteiger partial charge in [-0.3, -0.25) is 4.98 Å². The number of nitrogens with zero attached hydrogens (tertiary/aromatic N) is 4. The first-order valence-electron chi connectivity index (χ1n) is 18.1. The lowest BCUT2D eigenvalue weighted by Crippen LogP contribution is -2.21. The Morgan fingerprint density at radius 1 is 0.396 bits per heavy atom. The van der Waals surface area contributed by atoms with Crippen LogP contribution in [0.25, 0.3) is 11.3 Å². The number of para-hydroxylation sites is 4. The maximum absolute atomic E-state index is 5.16. The van der Waals surface area contributed by atoms with E-state index < -0.39 is 0 Å². The third kappa shape index (κ3) is 6.21. The molecule has 0 unspecified atom stereocenters. The summed E-state index contributed by atoms with van der Waals surface area (Å²) in [6, 6.07) is 71.0. The molecule has 0 radical (unpaired) electrons. The molecule has 1 aliphatic heterocycles. The van der Waals surface area contributed by atoms with Crippen molar-refractivity contribution in [2.45, 2.75) is 13.3 Å². The number of rotatable bonds is 8. The van der Waals surface area contributed by atoms with Crippen molar-refractivity contribution in [2.24, 2.45) is 0 Å². The zero-order valence-corrected chi connectivity index (χ0v) is 29.5. The van der Waals surface area contributed by atoms with Crippen LogP contribution in [-0.4, -0.2) is 4.98 Å². The molecule has 0 atom stereocenters. The lowest BCUT2D eigenvalue weighted by atomic mass is 9.93. The van der Waals surface area contributed by atoms with Crippen LogP contribution in [0.2, 0.25) is 0 Å². The van der Waals surface area contributed by atoms with Crippen LogP contribution in [0.15, 0.2) is 200 Å². The lowest BCUT2D eigenvalue weighted by Gasteiger charge is -2.36. The van der Waals surface area contributed by atoms with E-state index in [0.29, 0.717) is 0 Å². The Morgan fingerprint density at radius 3 is 1.17 bits per heavy atom. The highest BCUT2D eigenvalue weighted by molar-refractivity contribution is 5.89. The second-order valence-electron chi connectivity index (χ2n) is 13.3. The van der Waals surface area contributed by atoms with Gasteiger partial charge in [-0.15, -0.1) is 0 Å². The Balaban J connectivity index is 1.21. The monoisotopic (exact) mass is 682 g/mol. The first kappa shape index (κ1) is 32.0. The molecule has 7 aromatic carbocycles. The zero-order valence-electron chi connectivity index (χ0n) is 29.5. The number of pyridine rings is 1. The number of hydrogen-bond donors (Lipinski definition) is 0. The number of anilines is 9. The summed E-state index contributed by atoms with van der Waals surface area (Å²) in [6.45, 7) is 2.12. The molecule has 53 heavy (non-hydrogen) atoms. The van der Waals surface area contributed by atoms with E-state index in [2.05, 4.69) is 216 Å². The fourth-order valence-corrected chi connectivity index (χ4v) is 7.50. The number of hydrogen-bond acceptors (Lipinski definition) is 4. The van der Waals surface area contributed by atoms with Gasteiger partial charge in [-0.25, -0.2) is 0 Å². The van der Waals surface area contributed by atoms with E-state index in [-0.39, 0.29) is 0 Å². The average molecular weight is 683 g/mol. The summed E-state index contributed by atoms with van der Waals surface area (Å²) in [5.74, 6) is 0. The molecule has 0 saturated heterocycles.